The molecular weight excluding hydrogens is 188 g/mol. The van der Waals surface area contributed by atoms with Crippen LogP contribution in [-0.2, 0) is 9.53 Å². The maximum absolute atomic E-state index is 10.4. The number of hydrogen-bond acceptors (Lipinski definition) is 2. The number of carbonyl (C=O) groups excluding carboxylic acids is 1. The fourth-order valence-electron chi connectivity index (χ4n) is 0.819. The monoisotopic (exact) mass is 196 g/mol. The van der Waals surface area contributed by atoms with E-state index in [2.05, 4.69) is 4.74 Å². The lowest BCUT2D eigenvalue weighted by atomic mass is 10.2. The van der Waals surface area contributed by atoms with Crippen LogP contribution in [-0.4, -0.2) is 5.97 Å². The molecule has 0 amide bonds. The molecule has 0 saturated carbocycles. The predicted octanol–water partition coefficient (Wildman–Crippen LogP) is 2.87. The Morgan fingerprint density at radius 1 is 1.54 bits per heavy atom. The van der Waals surface area contributed by atoms with Gasteiger partial charge in [-0.1, -0.05) is 23.7 Å². The Bertz CT molecular complexity index is 331. The van der Waals surface area contributed by atoms with Crippen molar-refractivity contribution in [1.82, 2.24) is 0 Å². The van der Waals surface area contributed by atoms with Crippen LogP contribution in [0.25, 0.3) is 6.08 Å². The molecule has 0 aromatic heterocycles. The van der Waals surface area contributed by atoms with Crippen LogP contribution in [0.4, 0.5) is 0 Å². The van der Waals surface area contributed by atoms with Gasteiger partial charge in [0.15, 0.2) is 0 Å². The summed E-state index contributed by atoms with van der Waals surface area (Å²) in [6.07, 6.45) is 3.02. The highest BCUT2D eigenvalue weighted by molar-refractivity contribution is 6.30. The number of carbonyl (C=O) groups is 1. The Labute approximate surface area is 81.8 Å². The molecule has 2 nitrogen and oxygen atoms in total. The number of hydrogen-bond donors (Lipinski definition) is 0. The van der Waals surface area contributed by atoms with Crippen LogP contribution >= 0.6 is 11.6 Å². The van der Waals surface area contributed by atoms with Gasteiger partial charge in [-0.05, 0) is 23.8 Å². The number of benzene rings is 1. The van der Waals surface area contributed by atoms with Gasteiger partial charge < -0.3 is 4.74 Å². The summed E-state index contributed by atoms with van der Waals surface area (Å²) in [6.45, 7) is 1.35. The van der Waals surface area contributed by atoms with Crippen molar-refractivity contribution in [1.29, 1.82) is 0 Å². The third kappa shape index (κ3) is 3.76. The lowest BCUT2D eigenvalue weighted by molar-refractivity contribution is -0.135. The zero-order valence-electron chi connectivity index (χ0n) is 7.16. The molecule has 0 saturated heterocycles. The van der Waals surface area contributed by atoms with Gasteiger partial charge in [-0.2, -0.15) is 0 Å². The Hall–Kier alpha value is -1.28. The van der Waals surface area contributed by atoms with E-state index in [1.165, 1.54) is 13.2 Å². The van der Waals surface area contributed by atoms with Gasteiger partial charge in [-0.15, -0.1) is 0 Å². The molecule has 0 bridgehead atoms. The van der Waals surface area contributed by atoms with Crippen molar-refractivity contribution in [3.8, 4) is 0 Å². The summed E-state index contributed by atoms with van der Waals surface area (Å²) in [5, 5.41) is 0.657. The SMILES string of the molecule is CC(=O)OC=Cc1cccc(Cl)c1. The number of rotatable bonds is 2. The van der Waals surface area contributed by atoms with E-state index in [1.807, 2.05) is 12.1 Å². The molecule has 0 spiro atoms. The van der Waals surface area contributed by atoms with Crippen molar-refractivity contribution in [3.05, 3.63) is 41.1 Å². The van der Waals surface area contributed by atoms with Crippen molar-refractivity contribution >= 4 is 23.6 Å². The molecule has 1 aromatic carbocycles. The first-order valence-electron chi connectivity index (χ1n) is 3.78. The molecule has 0 aliphatic rings. The van der Waals surface area contributed by atoms with E-state index < -0.39 is 0 Å². The van der Waals surface area contributed by atoms with E-state index in [9.17, 15) is 4.79 Å². The number of halogens is 1. The predicted molar refractivity (Wildman–Crippen MR) is 52.3 cm³/mol. The molecule has 0 atom stereocenters. The van der Waals surface area contributed by atoms with Gasteiger partial charge in [0.2, 0.25) is 0 Å². The molecule has 0 fully saturated rings. The molecule has 13 heavy (non-hydrogen) atoms. The summed E-state index contributed by atoms with van der Waals surface area (Å²) in [5.41, 5.74) is 0.897. The van der Waals surface area contributed by atoms with Crippen LogP contribution in [0.15, 0.2) is 30.5 Å². The van der Waals surface area contributed by atoms with Gasteiger partial charge in [0.25, 0.3) is 0 Å². The standard InChI is InChI=1S/C10H9ClO2/c1-8(12)13-6-5-9-3-2-4-10(11)7-9/h2-7H,1H3. The zero-order chi connectivity index (χ0) is 9.68. The fraction of sp³-hybridized carbons (Fsp3) is 0.100. The van der Waals surface area contributed by atoms with Crippen LogP contribution in [0, 0.1) is 0 Å². The van der Waals surface area contributed by atoms with Gasteiger partial charge in [-0.3, -0.25) is 4.79 Å². The van der Waals surface area contributed by atoms with Crippen molar-refractivity contribution in [2.75, 3.05) is 0 Å². The largest absolute Gasteiger partial charge is 0.435 e. The Morgan fingerprint density at radius 2 is 2.31 bits per heavy atom. The first-order valence-corrected chi connectivity index (χ1v) is 4.15. The molecule has 0 N–H and O–H groups in total. The molecule has 0 aliphatic heterocycles. The lowest BCUT2D eigenvalue weighted by Gasteiger charge is -1.94. The van der Waals surface area contributed by atoms with E-state index in [4.69, 9.17) is 11.6 Å². The van der Waals surface area contributed by atoms with Crippen molar-refractivity contribution in [2.24, 2.45) is 0 Å². The minimum Gasteiger partial charge on any atom is -0.435 e. The molecular formula is C10H9ClO2. The molecule has 0 radical (unpaired) electrons. The third-order valence-corrected chi connectivity index (χ3v) is 1.58. The smallest absolute Gasteiger partial charge is 0.307 e. The summed E-state index contributed by atoms with van der Waals surface area (Å²) in [6, 6.07) is 7.26. The molecule has 0 unspecified atom stereocenters. The lowest BCUT2D eigenvalue weighted by Crippen LogP contribution is -1.88. The maximum atomic E-state index is 10.4. The molecule has 3 heteroatoms. The fourth-order valence-corrected chi connectivity index (χ4v) is 1.02. The summed E-state index contributed by atoms with van der Waals surface area (Å²) in [4.78, 5) is 10.4. The number of ether oxygens (including phenoxy) is 1. The highest BCUT2D eigenvalue weighted by atomic mass is 35.5. The highest BCUT2D eigenvalue weighted by Crippen LogP contribution is 2.11. The van der Waals surface area contributed by atoms with Crippen LogP contribution in [0.3, 0.4) is 0 Å². The van der Waals surface area contributed by atoms with E-state index in [-0.39, 0.29) is 5.97 Å². The zero-order valence-corrected chi connectivity index (χ0v) is 7.91. The second-order valence-corrected chi connectivity index (χ2v) is 2.90. The average Bonchev–Trinajstić information content (AvgIpc) is 2.03. The van der Waals surface area contributed by atoms with E-state index in [0.29, 0.717) is 5.02 Å². The van der Waals surface area contributed by atoms with Crippen molar-refractivity contribution < 1.29 is 9.53 Å². The Kier molecular flexibility index (Phi) is 3.53. The van der Waals surface area contributed by atoms with Crippen molar-refractivity contribution in [2.45, 2.75) is 6.92 Å². The average molecular weight is 197 g/mol. The molecule has 68 valence electrons. The van der Waals surface area contributed by atoms with Crippen LogP contribution < -0.4 is 0 Å². The molecule has 0 heterocycles. The van der Waals surface area contributed by atoms with E-state index in [1.54, 1.807) is 18.2 Å². The second kappa shape index (κ2) is 4.67. The quantitative estimate of drug-likeness (QED) is 0.537. The minimum absolute atomic E-state index is 0.335. The highest BCUT2D eigenvalue weighted by Gasteiger charge is 1.89. The van der Waals surface area contributed by atoms with Crippen molar-refractivity contribution in [3.63, 3.8) is 0 Å². The summed E-state index contributed by atoms with van der Waals surface area (Å²) < 4.78 is 4.62. The Balaban J connectivity index is 2.63. The van der Waals surface area contributed by atoms with Gasteiger partial charge >= 0.3 is 5.97 Å². The molecule has 1 rings (SSSR count). The first kappa shape index (κ1) is 9.81. The number of esters is 1. The van der Waals surface area contributed by atoms with Gasteiger partial charge in [-0.25, -0.2) is 0 Å². The minimum atomic E-state index is -0.335. The summed E-state index contributed by atoms with van der Waals surface area (Å²) in [5.74, 6) is -0.335. The van der Waals surface area contributed by atoms with Gasteiger partial charge in [0.05, 0.1) is 6.26 Å². The maximum Gasteiger partial charge on any atom is 0.307 e. The Morgan fingerprint density at radius 3 is 2.92 bits per heavy atom. The summed E-state index contributed by atoms with van der Waals surface area (Å²) in [7, 11) is 0. The normalized spacial score (nSPS) is 10.3. The molecule has 0 aliphatic carbocycles. The molecule has 1 aromatic rings. The van der Waals surface area contributed by atoms with E-state index in [0.717, 1.165) is 5.56 Å². The van der Waals surface area contributed by atoms with E-state index >= 15 is 0 Å². The third-order valence-electron chi connectivity index (χ3n) is 1.34. The summed E-state index contributed by atoms with van der Waals surface area (Å²) >= 11 is 5.74. The van der Waals surface area contributed by atoms with Crippen LogP contribution in [0.5, 0.6) is 0 Å². The second-order valence-electron chi connectivity index (χ2n) is 2.47. The topological polar surface area (TPSA) is 26.3 Å². The first-order chi connectivity index (χ1) is 6.18. The van der Waals surface area contributed by atoms with Gasteiger partial charge in [0, 0.05) is 11.9 Å². The van der Waals surface area contributed by atoms with Gasteiger partial charge in [0.1, 0.15) is 0 Å². The van der Waals surface area contributed by atoms with Crippen LogP contribution in [0.1, 0.15) is 12.5 Å². The van der Waals surface area contributed by atoms with Crippen LogP contribution in [0.2, 0.25) is 5.02 Å².